The predicted octanol–water partition coefficient (Wildman–Crippen LogP) is -0.0621. The highest BCUT2D eigenvalue weighted by Gasteiger charge is 2.12. The molecule has 1 atom stereocenters. The lowest BCUT2D eigenvalue weighted by atomic mass is 10.2. The van der Waals surface area contributed by atoms with Crippen LogP contribution in [0.5, 0.6) is 0 Å². The second-order valence-electron chi connectivity index (χ2n) is 3.79. The highest BCUT2D eigenvalue weighted by molar-refractivity contribution is 5.74. The van der Waals surface area contributed by atoms with Crippen molar-refractivity contribution in [2.24, 2.45) is 0 Å². The Hall–Kier alpha value is -1.34. The molecule has 1 unspecified atom stereocenters. The first-order chi connectivity index (χ1) is 8.57. The van der Waals surface area contributed by atoms with Crippen LogP contribution in [0.1, 0.15) is 26.2 Å². The number of carbonyl (C=O) groups is 2. The lowest BCUT2D eigenvalue weighted by Crippen LogP contribution is -2.38. The average molecular weight is 262 g/mol. The number of nitrogens with one attached hydrogen (secondary N) is 2. The van der Waals surface area contributed by atoms with Crippen LogP contribution in [0.2, 0.25) is 0 Å². The molecule has 0 saturated heterocycles. The van der Waals surface area contributed by atoms with Crippen LogP contribution < -0.4 is 10.6 Å². The molecular formula is C11H22N2O5. The van der Waals surface area contributed by atoms with Gasteiger partial charge in [-0.3, -0.25) is 0 Å². The molecule has 0 radical (unpaired) electrons. The molecule has 0 aromatic heterocycles. The van der Waals surface area contributed by atoms with Gasteiger partial charge in [-0.05, 0) is 12.8 Å². The molecule has 7 heteroatoms. The van der Waals surface area contributed by atoms with Crippen LogP contribution in [0.3, 0.4) is 0 Å². The fourth-order valence-electron chi connectivity index (χ4n) is 1.13. The van der Waals surface area contributed by atoms with Crippen molar-refractivity contribution >= 4 is 12.0 Å². The largest absolute Gasteiger partial charge is 0.479 e. The Morgan fingerprint density at radius 2 is 1.89 bits per heavy atom. The predicted molar refractivity (Wildman–Crippen MR) is 65.4 cm³/mol. The number of aliphatic hydroxyl groups is 1. The Morgan fingerprint density at radius 3 is 2.50 bits per heavy atom. The maximum absolute atomic E-state index is 11.2. The molecule has 106 valence electrons. The Labute approximate surface area is 107 Å². The maximum Gasteiger partial charge on any atom is 0.332 e. The average Bonchev–Trinajstić information content (AvgIpc) is 2.33. The SMILES string of the molecule is CCCOCCCNC(=O)NCCC(O)C(=O)O. The van der Waals surface area contributed by atoms with E-state index in [0.717, 1.165) is 19.4 Å². The Balaban J connectivity index is 3.35. The summed E-state index contributed by atoms with van der Waals surface area (Å²) in [6.45, 7) is 3.96. The zero-order valence-electron chi connectivity index (χ0n) is 10.6. The van der Waals surface area contributed by atoms with E-state index < -0.39 is 12.1 Å². The first kappa shape index (κ1) is 16.7. The molecular weight excluding hydrogens is 240 g/mol. The van der Waals surface area contributed by atoms with E-state index in [9.17, 15) is 9.59 Å². The van der Waals surface area contributed by atoms with Gasteiger partial charge in [0.1, 0.15) is 0 Å². The number of ether oxygens (including phenoxy) is 1. The van der Waals surface area contributed by atoms with E-state index in [1.54, 1.807) is 0 Å². The molecule has 18 heavy (non-hydrogen) atoms. The van der Waals surface area contributed by atoms with E-state index >= 15 is 0 Å². The molecule has 4 N–H and O–H groups in total. The summed E-state index contributed by atoms with van der Waals surface area (Å²) in [4.78, 5) is 21.5. The molecule has 0 aliphatic heterocycles. The van der Waals surface area contributed by atoms with Gasteiger partial charge in [0.2, 0.25) is 0 Å². The second kappa shape index (κ2) is 10.8. The fourth-order valence-corrected chi connectivity index (χ4v) is 1.13. The van der Waals surface area contributed by atoms with Gasteiger partial charge in [-0.15, -0.1) is 0 Å². The summed E-state index contributed by atoms with van der Waals surface area (Å²) in [5.41, 5.74) is 0. The van der Waals surface area contributed by atoms with Gasteiger partial charge in [-0.25, -0.2) is 9.59 Å². The molecule has 7 nitrogen and oxygen atoms in total. The smallest absolute Gasteiger partial charge is 0.332 e. The quantitative estimate of drug-likeness (QED) is 0.412. The second-order valence-corrected chi connectivity index (χ2v) is 3.79. The monoisotopic (exact) mass is 262 g/mol. The normalized spacial score (nSPS) is 11.9. The van der Waals surface area contributed by atoms with E-state index in [0.29, 0.717) is 13.2 Å². The maximum atomic E-state index is 11.2. The molecule has 0 aliphatic carbocycles. The van der Waals surface area contributed by atoms with Crippen molar-refractivity contribution in [2.75, 3.05) is 26.3 Å². The Morgan fingerprint density at radius 1 is 1.22 bits per heavy atom. The van der Waals surface area contributed by atoms with Crippen molar-refractivity contribution in [3.8, 4) is 0 Å². The molecule has 0 bridgehead atoms. The van der Waals surface area contributed by atoms with Crippen LogP contribution in [0.15, 0.2) is 0 Å². The molecule has 0 aromatic carbocycles. The number of aliphatic hydroxyl groups excluding tert-OH is 1. The number of carbonyl (C=O) groups excluding carboxylic acids is 1. The van der Waals surface area contributed by atoms with E-state index in [2.05, 4.69) is 10.6 Å². The van der Waals surface area contributed by atoms with Crippen LogP contribution in [0.25, 0.3) is 0 Å². The van der Waals surface area contributed by atoms with Crippen LogP contribution >= 0.6 is 0 Å². The van der Waals surface area contributed by atoms with E-state index in [1.165, 1.54) is 0 Å². The topological polar surface area (TPSA) is 108 Å². The summed E-state index contributed by atoms with van der Waals surface area (Å²) < 4.78 is 5.23. The van der Waals surface area contributed by atoms with Gasteiger partial charge >= 0.3 is 12.0 Å². The number of hydrogen-bond donors (Lipinski definition) is 4. The lowest BCUT2D eigenvalue weighted by molar-refractivity contribution is -0.146. The first-order valence-corrected chi connectivity index (χ1v) is 6.08. The van der Waals surface area contributed by atoms with Gasteiger partial charge in [0.05, 0.1) is 0 Å². The minimum atomic E-state index is -1.44. The minimum Gasteiger partial charge on any atom is -0.479 e. The minimum absolute atomic E-state index is 0.0115. The van der Waals surface area contributed by atoms with Gasteiger partial charge < -0.3 is 25.6 Å². The Bertz CT molecular complexity index is 248. The van der Waals surface area contributed by atoms with Gasteiger partial charge in [0.15, 0.2) is 6.10 Å². The van der Waals surface area contributed by atoms with Gasteiger partial charge in [0, 0.05) is 32.7 Å². The summed E-state index contributed by atoms with van der Waals surface area (Å²) in [6, 6.07) is -0.372. The molecule has 0 fully saturated rings. The third-order valence-corrected chi connectivity index (χ3v) is 2.09. The number of amides is 2. The standard InChI is InChI=1S/C11H22N2O5/c1-2-7-18-8-3-5-12-11(17)13-6-4-9(14)10(15)16/h9,14H,2-8H2,1H3,(H,15,16)(H2,12,13,17). The molecule has 2 amide bonds. The number of rotatable bonds is 10. The molecule has 0 heterocycles. The zero-order chi connectivity index (χ0) is 13.8. The molecule has 0 rings (SSSR count). The lowest BCUT2D eigenvalue weighted by Gasteiger charge is -2.09. The van der Waals surface area contributed by atoms with Crippen molar-refractivity contribution in [2.45, 2.75) is 32.3 Å². The molecule has 0 saturated carbocycles. The van der Waals surface area contributed by atoms with Crippen molar-refractivity contribution < 1.29 is 24.5 Å². The van der Waals surface area contributed by atoms with Crippen LogP contribution in [0.4, 0.5) is 4.79 Å². The fraction of sp³-hybridized carbons (Fsp3) is 0.818. The van der Waals surface area contributed by atoms with Crippen LogP contribution in [-0.4, -0.2) is 54.6 Å². The van der Waals surface area contributed by atoms with Crippen molar-refractivity contribution in [1.82, 2.24) is 10.6 Å². The van der Waals surface area contributed by atoms with E-state index in [-0.39, 0.29) is 19.0 Å². The zero-order valence-corrected chi connectivity index (χ0v) is 10.6. The number of urea groups is 1. The van der Waals surface area contributed by atoms with E-state index in [4.69, 9.17) is 14.9 Å². The van der Waals surface area contributed by atoms with Crippen LogP contribution in [0, 0.1) is 0 Å². The molecule has 0 spiro atoms. The van der Waals surface area contributed by atoms with Crippen LogP contribution in [-0.2, 0) is 9.53 Å². The first-order valence-electron chi connectivity index (χ1n) is 6.08. The third-order valence-electron chi connectivity index (χ3n) is 2.09. The number of hydrogen-bond acceptors (Lipinski definition) is 4. The highest BCUT2D eigenvalue weighted by atomic mass is 16.5. The number of carboxylic acid groups (broad SMARTS) is 1. The summed E-state index contributed by atoms with van der Waals surface area (Å²) in [7, 11) is 0. The number of aliphatic carboxylic acids is 1. The van der Waals surface area contributed by atoms with Crippen molar-refractivity contribution in [1.29, 1.82) is 0 Å². The van der Waals surface area contributed by atoms with E-state index in [1.807, 2.05) is 6.92 Å². The highest BCUT2D eigenvalue weighted by Crippen LogP contribution is 1.89. The summed E-state index contributed by atoms with van der Waals surface area (Å²) >= 11 is 0. The van der Waals surface area contributed by atoms with Crippen molar-refractivity contribution in [3.05, 3.63) is 0 Å². The van der Waals surface area contributed by atoms with Crippen molar-refractivity contribution in [3.63, 3.8) is 0 Å². The Kier molecular flexibility index (Phi) is 9.99. The van der Waals surface area contributed by atoms with Gasteiger partial charge in [-0.1, -0.05) is 6.92 Å². The number of carboxylic acids is 1. The van der Waals surface area contributed by atoms with Gasteiger partial charge in [-0.2, -0.15) is 0 Å². The summed E-state index contributed by atoms with van der Waals surface area (Å²) in [6.07, 6.45) is 0.251. The van der Waals surface area contributed by atoms with Gasteiger partial charge in [0.25, 0.3) is 0 Å². The third kappa shape index (κ3) is 9.86. The molecule has 0 aromatic rings. The summed E-state index contributed by atoms with van der Waals surface area (Å²) in [5, 5.41) is 22.4. The summed E-state index contributed by atoms with van der Waals surface area (Å²) in [5.74, 6) is -1.29. The molecule has 0 aliphatic rings.